The molecule has 0 aromatic heterocycles. The first-order valence-corrected chi connectivity index (χ1v) is 4.04. The molecule has 0 saturated heterocycles. The van der Waals surface area contributed by atoms with Gasteiger partial charge in [-0.25, -0.2) is 4.99 Å². The summed E-state index contributed by atoms with van der Waals surface area (Å²) in [4.78, 5) is 4.13. The Labute approximate surface area is 77.1 Å². The number of aliphatic imine (C=N–C) groups is 1. The van der Waals surface area contributed by atoms with Crippen molar-refractivity contribution in [2.75, 3.05) is 0 Å². The van der Waals surface area contributed by atoms with Gasteiger partial charge < -0.3 is 5.73 Å². The van der Waals surface area contributed by atoms with Crippen molar-refractivity contribution in [2.45, 2.75) is 13.8 Å². The Morgan fingerprint density at radius 3 is 2.75 bits per heavy atom. The molecule has 0 fully saturated rings. The van der Waals surface area contributed by atoms with E-state index in [1.165, 1.54) is 0 Å². The molecular weight excluding hydrogens is 172 g/mol. The molecule has 0 heterocycles. The van der Waals surface area contributed by atoms with Gasteiger partial charge in [0, 0.05) is 5.02 Å². The molecule has 0 aliphatic carbocycles. The maximum absolute atomic E-state index is 5.79. The van der Waals surface area contributed by atoms with Crippen LogP contribution in [0.5, 0.6) is 0 Å². The van der Waals surface area contributed by atoms with Crippen molar-refractivity contribution in [3.63, 3.8) is 0 Å². The number of aryl methyl sites for hydroxylation is 1. The molecule has 0 radical (unpaired) electrons. The lowest BCUT2D eigenvalue weighted by atomic mass is 10.2. The van der Waals surface area contributed by atoms with Crippen LogP contribution in [0.4, 0.5) is 5.69 Å². The number of nitrogens with zero attached hydrogens (tertiary/aromatic N) is 1. The highest BCUT2D eigenvalue weighted by atomic mass is 35.5. The lowest BCUT2D eigenvalue weighted by Gasteiger charge is -2.00. The number of amidine groups is 1. The van der Waals surface area contributed by atoms with E-state index in [9.17, 15) is 0 Å². The minimum atomic E-state index is 0.542. The van der Waals surface area contributed by atoms with Gasteiger partial charge in [-0.15, -0.1) is 0 Å². The fourth-order valence-corrected chi connectivity index (χ4v) is 1.06. The average molecular weight is 183 g/mol. The zero-order chi connectivity index (χ0) is 9.14. The number of hydrogen-bond acceptors (Lipinski definition) is 1. The normalized spacial score (nSPS) is 11.8. The number of rotatable bonds is 1. The molecule has 12 heavy (non-hydrogen) atoms. The summed E-state index contributed by atoms with van der Waals surface area (Å²) in [6, 6.07) is 5.55. The predicted molar refractivity (Wildman–Crippen MR) is 53.1 cm³/mol. The van der Waals surface area contributed by atoms with Gasteiger partial charge in [0.2, 0.25) is 0 Å². The second-order valence-electron chi connectivity index (χ2n) is 2.68. The van der Waals surface area contributed by atoms with Gasteiger partial charge in [-0.1, -0.05) is 17.7 Å². The lowest BCUT2D eigenvalue weighted by Crippen LogP contribution is -2.03. The highest BCUT2D eigenvalue weighted by molar-refractivity contribution is 6.30. The van der Waals surface area contributed by atoms with Crippen molar-refractivity contribution in [3.8, 4) is 0 Å². The Balaban J connectivity index is 3.14. The zero-order valence-corrected chi connectivity index (χ0v) is 7.89. The van der Waals surface area contributed by atoms with Gasteiger partial charge in [-0.05, 0) is 31.5 Å². The molecule has 0 amide bonds. The molecule has 0 bridgehead atoms. The van der Waals surface area contributed by atoms with Crippen LogP contribution in [0.25, 0.3) is 0 Å². The van der Waals surface area contributed by atoms with E-state index < -0.39 is 0 Å². The molecule has 1 aromatic carbocycles. The van der Waals surface area contributed by atoms with Gasteiger partial charge in [0.05, 0.1) is 11.5 Å². The highest BCUT2D eigenvalue weighted by Crippen LogP contribution is 2.22. The summed E-state index contributed by atoms with van der Waals surface area (Å²) in [5.41, 5.74) is 7.36. The minimum absolute atomic E-state index is 0.542. The SMILES string of the molecule is CC(N)=Nc1cc(Cl)ccc1C. The number of hydrogen-bond donors (Lipinski definition) is 1. The summed E-state index contributed by atoms with van der Waals surface area (Å²) in [5, 5.41) is 0.681. The third-order valence-electron chi connectivity index (χ3n) is 1.47. The highest BCUT2D eigenvalue weighted by Gasteiger charge is 1.96. The van der Waals surface area contributed by atoms with Crippen LogP contribution in [0.2, 0.25) is 5.02 Å². The monoisotopic (exact) mass is 182 g/mol. The molecule has 2 nitrogen and oxygen atoms in total. The van der Waals surface area contributed by atoms with Gasteiger partial charge in [-0.3, -0.25) is 0 Å². The largest absolute Gasteiger partial charge is 0.387 e. The predicted octanol–water partition coefficient (Wildman–Crippen LogP) is 2.66. The van der Waals surface area contributed by atoms with E-state index in [1.807, 2.05) is 19.1 Å². The molecule has 0 saturated carbocycles. The molecule has 0 atom stereocenters. The topological polar surface area (TPSA) is 38.4 Å². The van der Waals surface area contributed by atoms with Crippen LogP contribution >= 0.6 is 11.6 Å². The molecule has 1 rings (SSSR count). The van der Waals surface area contributed by atoms with Crippen molar-refractivity contribution >= 4 is 23.1 Å². The van der Waals surface area contributed by atoms with Crippen LogP contribution in [-0.4, -0.2) is 5.84 Å². The first-order valence-electron chi connectivity index (χ1n) is 3.66. The fraction of sp³-hybridized carbons (Fsp3) is 0.222. The minimum Gasteiger partial charge on any atom is -0.387 e. The van der Waals surface area contributed by atoms with Crippen molar-refractivity contribution < 1.29 is 0 Å². The molecule has 3 heteroatoms. The second-order valence-corrected chi connectivity index (χ2v) is 3.12. The van der Waals surface area contributed by atoms with E-state index >= 15 is 0 Å². The third-order valence-corrected chi connectivity index (χ3v) is 1.70. The molecule has 0 spiro atoms. The van der Waals surface area contributed by atoms with E-state index in [0.717, 1.165) is 11.3 Å². The summed E-state index contributed by atoms with van der Waals surface area (Å²) < 4.78 is 0. The van der Waals surface area contributed by atoms with E-state index in [4.69, 9.17) is 17.3 Å². The molecular formula is C9H11ClN2. The van der Waals surface area contributed by atoms with E-state index in [-0.39, 0.29) is 0 Å². The standard InChI is InChI=1S/C9H11ClN2/c1-6-3-4-8(10)5-9(6)12-7(2)11/h3-5H,1-2H3,(H2,11,12). The first kappa shape index (κ1) is 9.07. The Morgan fingerprint density at radius 1 is 1.50 bits per heavy atom. The summed E-state index contributed by atoms with van der Waals surface area (Å²) in [5.74, 6) is 0.542. The van der Waals surface area contributed by atoms with Crippen molar-refractivity contribution in [1.29, 1.82) is 0 Å². The van der Waals surface area contributed by atoms with Gasteiger partial charge in [0.25, 0.3) is 0 Å². The Morgan fingerprint density at radius 2 is 2.17 bits per heavy atom. The van der Waals surface area contributed by atoms with E-state index in [1.54, 1.807) is 13.0 Å². The Bertz CT molecular complexity index is 314. The number of halogens is 1. The molecule has 1 aromatic rings. The molecule has 64 valence electrons. The number of benzene rings is 1. The van der Waals surface area contributed by atoms with Crippen LogP contribution in [0.1, 0.15) is 12.5 Å². The maximum atomic E-state index is 5.79. The Kier molecular flexibility index (Phi) is 2.71. The van der Waals surface area contributed by atoms with Gasteiger partial charge in [0.1, 0.15) is 0 Å². The summed E-state index contributed by atoms with van der Waals surface area (Å²) in [6.07, 6.45) is 0. The average Bonchev–Trinajstić information content (AvgIpc) is 1.96. The summed E-state index contributed by atoms with van der Waals surface area (Å²) >= 11 is 5.79. The van der Waals surface area contributed by atoms with Crippen molar-refractivity contribution in [2.24, 2.45) is 10.7 Å². The second kappa shape index (κ2) is 3.59. The van der Waals surface area contributed by atoms with E-state index in [2.05, 4.69) is 4.99 Å². The van der Waals surface area contributed by atoms with Crippen LogP contribution in [-0.2, 0) is 0 Å². The molecule has 0 aliphatic heterocycles. The number of nitrogens with two attached hydrogens (primary N) is 1. The van der Waals surface area contributed by atoms with Gasteiger partial charge >= 0.3 is 0 Å². The van der Waals surface area contributed by atoms with Crippen LogP contribution in [0, 0.1) is 6.92 Å². The fourth-order valence-electron chi connectivity index (χ4n) is 0.893. The van der Waals surface area contributed by atoms with Gasteiger partial charge in [-0.2, -0.15) is 0 Å². The zero-order valence-electron chi connectivity index (χ0n) is 7.13. The Hall–Kier alpha value is -1.02. The maximum Gasteiger partial charge on any atom is 0.0965 e. The third kappa shape index (κ3) is 2.24. The van der Waals surface area contributed by atoms with Gasteiger partial charge in [0.15, 0.2) is 0 Å². The summed E-state index contributed by atoms with van der Waals surface area (Å²) in [6.45, 7) is 3.72. The van der Waals surface area contributed by atoms with Crippen LogP contribution < -0.4 is 5.73 Å². The summed E-state index contributed by atoms with van der Waals surface area (Å²) in [7, 11) is 0. The molecule has 2 N–H and O–H groups in total. The quantitative estimate of drug-likeness (QED) is 0.526. The smallest absolute Gasteiger partial charge is 0.0965 e. The molecule has 0 aliphatic rings. The van der Waals surface area contributed by atoms with Crippen molar-refractivity contribution in [3.05, 3.63) is 28.8 Å². The molecule has 0 unspecified atom stereocenters. The lowest BCUT2D eigenvalue weighted by molar-refractivity contribution is 1.37. The van der Waals surface area contributed by atoms with E-state index in [0.29, 0.717) is 10.9 Å². The van der Waals surface area contributed by atoms with Crippen molar-refractivity contribution in [1.82, 2.24) is 0 Å². The van der Waals surface area contributed by atoms with Crippen LogP contribution in [0.3, 0.4) is 0 Å². The first-order chi connectivity index (χ1) is 5.59. The van der Waals surface area contributed by atoms with Crippen LogP contribution in [0.15, 0.2) is 23.2 Å².